The molecule has 0 unspecified atom stereocenters. The van der Waals surface area contributed by atoms with E-state index in [0.717, 1.165) is 30.1 Å². The number of fused-ring (bicyclic) bond motifs is 5. The van der Waals surface area contributed by atoms with Gasteiger partial charge >= 0.3 is 0 Å². The standard InChI is InChI=1S/C20H34O/c1-18-11-5-4-6-14(18)7-8-15-16(18)9-12-19(2)17(15)10-13-20(19,3)21/h14-17,21H,4-13H2,1-3H3/t14-,15+,16-,17+,18-,19+,20+/m0/s1. The molecule has 0 spiro atoms. The van der Waals surface area contributed by atoms with Crippen LogP contribution < -0.4 is 0 Å². The van der Waals surface area contributed by atoms with Crippen LogP contribution in [0.5, 0.6) is 0 Å². The van der Waals surface area contributed by atoms with E-state index in [-0.39, 0.29) is 5.41 Å². The molecule has 4 aliphatic carbocycles. The second-order valence-corrected chi connectivity index (χ2v) is 9.67. The molecule has 0 aromatic rings. The van der Waals surface area contributed by atoms with Gasteiger partial charge in [0.1, 0.15) is 0 Å². The minimum atomic E-state index is -0.410. The van der Waals surface area contributed by atoms with Gasteiger partial charge in [-0.25, -0.2) is 0 Å². The van der Waals surface area contributed by atoms with Gasteiger partial charge in [-0.3, -0.25) is 0 Å². The zero-order chi connectivity index (χ0) is 14.9. The van der Waals surface area contributed by atoms with Crippen LogP contribution >= 0.6 is 0 Å². The zero-order valence-corrected chi connectivity index (χ0v) is 14.3. The highest BCUT2D eigenvalue weighted by molar-refractivity contribution is 5.12. The molecule has 4 fully saturated rings. The minimum Gasteiger partial charge on any atom is -0.390 e. The van der Waals surface area contributed by atoms with Gasteiger partial charge in [-0.2, -0.15) is 0 Å². The maximum Gasteiger partial charge on any atom is 0.0675 e. The smallest absolute Gasteiger partial charge is 0.0675 e. The summed E-state index contributed by atoms with van der Waals surface area (Å²) in [7, 11) is 0. The van der Waals surface area contributed by atoms with Crippen molar-refractivity contribution in [3.63, 3.8) is 0 Å². The number of hydrogen-bond acceptors (Lipinski definition) is 1. The van der Waals surface area contributed by atoms with Crippen LogP contribution in [-0.2, 0) is 0 Å². The summed E-state index contributed by atoms with van der Waals surface area (Å²) >= 11 is 0. The molecule has 1 heteroatoms. The molecule has 1 nitrogen and oxygen atoms in total. The molecule has 0 aliphatic heterocycles. The van der Waals surface area contributed by atoms with Gasteiger partial charge in [-0.05, 0) is 92.8 Å². The summed E-state index contributed by atoms with van der Waals surface area (Å²) < 4.78 is 0. The maximum absolute atomic E-state index is 10.9. The van der Waals surface area contributed by atoms with Gasteiger partial charge in [0.15, 0.2) is 0 Å². The Balaban J connectivity index is 1.66. The predicted octanol–water partition coefficient (Wildman–Crippen LogP) is 5.17. The lowest BCUT2D eigenvalue weighted by Gasteiger charge is -2.61. The summed E-state index contributed by atoms with van der Waals surface area (Å²) in [4.78, 5) is 0. The van der Waals surface area contributed by atoms with Crippen LogP contribution in [0.1, 0.15) is 85.0 Å². The monoisotopic (exact) mass is 290 g/mol. The van der Waals surface area contributed by atoms with Crippen molar-refractivity contribution < 1.29 is 5.11 Å². The van der Waals surface area contributed by atoms with Crippen LogP contribution in [0, 0.1) is 34.5 Å². The molecule has 7 atom stereocenters. The highest BCUT2D eigenvalue weighted by Crippen LogP contribution is 2.68. The van der Waals surface area contributed by atoms with E-state index >= 15 is 0 Å². The topological polar surface area (TPSA) is 20.2 Å². The van der Waals surface area contributed by atoms with Crippen molar-refractivity contribution in [2.24, 2.45) is 34.5 Å². The molecule has 4 saturated carbocycles. The third-order valence-corrected chi connectivity index (χ3v) is 9.15. The molecular formula is C20H34O. The largest absolute Gasteiger partial charge is 0.390 e. The van der Waals surface area contributed by atoms with Crippen molar-refractivity contribution in [1.29, 1.82) is 0 Å². The van der Waals surface area contributed by atoms with Crippen molar-refractivity contribution in [2.75, 3.05) is 0 Å². The van der Waals surface area contributed by atoms with E-state index in [1.165, 1.54) is 57.8 Å². The van der Waals surface area contributed by atoms with Crippen LogP contribution in [0.25, 0.3) is 0 Å². The van der Waals surface area contributed by atoms with E-state index in [2.05, 4.69) is 20.8 Å². The molecule has 0 radical (unpaired) electrons. The van der Waals surface area contributed by atoms with E-state index in [9.17, 15) is 5.11 Å². The molecule has 0 aromatic heterocycles. The van der Waals surface area contributed by atoms with Gasteiger partial charge in [0, 0.05) is 0 Å². The lowest BCUT2D eigenvalue weighted by Crippen LogP contribution is -2.55. The predicted molar refractivity (Wildman–Crippen MR) is 87.0 cm³/mol. The first-order valence-corrected chi connectivity index (χ1v) is 9.61. The summed E-state index contributed by atoms with van der Waals surface area (Å²) in [5.74, 6) is 3.69. The summed E-state index contributed by atoms with van der Waals surface area (Å²) in [6.45, 7) is 7.18. The summed E-state index contributed by atoms with van der Waals surface area (Å²) in [5, 5.41) is 10.9. The Morgan fingerprint density at radius 1 is 0.762 bits per heavy atom. The first kappa shape index (κ1) is 14.5. The Kier molecular flexibility index (Phi) is 3.11. The summed E-state index contributed by atoms with van der Waals surface area (Å²) in [6, 6.07) is 0. The van der Waals surface area contributed by atoms with Gasteiger partial charge < -0.3 is 5.11 Å². The first-order chi connectivity index (χ1) is 9.88. The van der Waals surface area contributed by atoms with E-state index in [1.807, 2.05) is 0 Å². The van der Waals surface area contributed by atoms with E-state index in [4.69, 9.17) is 0 Å². The number of aliphatic hydroxyl groups is 1. The number of rotatable bonds is 0. The molecule has 0 heterocycles. The minimum absolute atomic E-state index is 0.200. The van der Waals surface area contributed by atoms with Crippen LogP contribution in [0.2, 0.25) is 0 Å². The molecule has 0 amide bonds. The van der Waals surface area contributed by atoms with Gasteiger partial charge in [-0.1, -0.05) is 26.7 Å². The SMILES string of the molecule is C[C@]12CCCC[C@H]1CC[C@H]1[C@H]3CC[C@@](C)(O)[C@]3(C)CC[C@@H]12. The zero-order valence-electron chi connectivity index (χ0n) is 14.3. The third-order valence-electron chi connectivity index (χ3n) is 9.15. The Morgan fingerprint density at radius 2 is 1.52 bits per heavy atom. The molecule has 1 N–H and O–H groups in total. The number of hydrogen-bond donors (Lipinski definition) is 1. The first-order valence-electron chi connectivity index (χ1n) is 9.61. The molecule has 120 valence electrons. The maximum atomic E-state index is 10.9. The van der Waals surface area contributed by atoms with E-state index in [0.29, 0.717) is 5.41 Å². The van der Waals surface area contributed by atoms with Crippen LogP contribution in [0.15, 0.2) is 0 Å². The Hall–Kier alpha value is -0.0400. The molecule has 4 rings (SSSR count). The third kappa shape index (κ3) is 1.79. The lowest BCUT2D eigenvalue weighted by atomic mass is 9.44. The van der Waals surface area contributed by atoms with Crippen LogP contribution in [-0.4, -0.2) is 10.7 Å². The molecule has 21 heavy (non-hydrogen) atoms. The van der Waals surface area contributed by atoms with E-state index < -0.39 is 5.60 Å². The van der Waals surface area contributed by atoms with Gasteiger partial charge in [0.25, 0.3) is 0 Å². The lowest BCUT2D eigenvalue weighted by molar-refractivity contribution is -0.145. The highest BCUT2D eigenvalue weighted by atomic mass is 16.3. The van der Waals surface area contributed by atoms with Crippen molar-refractivity contribution in [2.45, 2.75) is 90.6 Å². The van der Waals surface area contributed by atoms with Gasteiger partial charge in [-0.15, -0.1) is 0 Å². The van der Waals surface area contributed by atoms with Crippen molar-refractivity contribution >= 4 is 0 Å². The molecule has 0 bridgehead atoms. The second kappa shape index (κ2) is 4.49. The summed E-state index contributed by atoms with van der Waals surface area (Å²) in [6.07, 6.45) is 13.9. The van der Waals surface area contributed by atoms with Crippen LogP contribution in [0.4, 0.5) is 0 Å². The quantitative estimate of drug-likeness (QED) is 0.652. The Labute approximate surface area is 130 Å². The molecule has 0 saturated heterocycles. The normalized spacial score (nSPS) is 60.0. The highest BCUT2D eigenvalue weighted by Gasteiger charge is 2.62. The molecule has 4 aliphatic rings. The fourth-order valence-electron chi connectivity index (χ4n) is 7.54. The molecular weight excluding hydrogens is 256 g/mol. The Morgan fingerprint density at radius 3 is 2.33 bits per heavy atom. The fourth-order valence-corrected chi connectivity index (χ4v) is 7.54. The van der Waals surface area contributed by atoms with Crippen LogP contribution in [0.3, 0.4) is 0 Å². The Bertz CT molecular complexity index is 428. The van der Waals surface area contributed by atoms with Crippen molar-refractivity contribution in [1.82, 2.24) is 0 Å². The van der Waals surface area contributed by atoms with Gasteiger partial charge in [0.2, 0.25) is 0 Å². The van der Waals surface area contributed by atoms with E-state index in [1.54, 1.807) is 0 Å². The molecule has 0 aromatic carbocycles. The van der Waals surface area contributed by atoms with Gasteiger partial charge in [0.05, 0.1) is 5.60 Å². The fraction of sp³-hybridized carbons (Fsp3) is 1.00. The van der Waals surface area contributed by atoms with Crippen molar-refractivity contribution in [3.8, 4) is 0 Å². The second-order valence-electron chi connectivity index (χ2n) is 9.67. The van der Waals surface area contributed by atoms with Crippen molar-refractivity contribution in [3.05, 3.63) is 0 Å². The average molecular weight is 290 g/mol. The summed E-state index contributed by atoms with van der Waals surface area (Å²) in [5.41, 5.74) is 0.427. The average Bonchev–Trinajstić information content (AvgIpc) is 2.69.